The fourth-order valence-corrected chi connectivity index (χ4v) is 5.34. The molecule has 0 saturated carbocycles. The first-order chi connectivity index (χ1) is 17.6. The second-order valence-electron chi connectivity index (χ2n) is 9.40. The zero-order chi connectivity index (χ0) is 26.6. The first-order valence-corrected chi connectivity index (χ1v) is 11.9. The number of aromatic nitrogens is 3. The Kier molecular flexibility index (Phi) is 6.06. The van der Waals surface area contributed by atoms with Crippen LogP contribution in [0.2, 0.25) is 0 Å². The van der Waals surface area contributed by atoms with Crippen molar-refractivity contribution in [1.29, 1.82) is 0 Å². The number of hydrazine groups is 1. The summed E-state index contributed by atoms with van der Waals surface area (Å²) in [5.74, 6) is -2.23. The standard InChI is InChI=1S/C25H27F2N7O3/c1-4-20(17-10-15(26)5-6-19(17)27)34-25(37)32-22(24(36)33(34)16-11-29-31(3)12-16)18(23(32)35)8-14-7-13(2)30-21(28)9-14/h5-7,9-12,18,20,22,24,36H,4,8H2,1-3H3,(H2,28,30)/t18-,20-,22+,24?/m1/s1. The summed E-state index contributed by atoms with van der Waals surface area (Å²) in [5.41, 5.74) is 7.60. The number of carbonyl (C=O) groups excluding carboxylic acids is 2. The minimum Gasteiger partial charge on any atom is -0.384 e. The zero-order valence-corrected chi connectivity index (χ0v) is 20.5. The Hall–Kier alpha value is -4.06. The van der Waals surface area contributed by atoms with Crippen molar-refractivity contribution in [3.63, 3.8) is 0 Å². The van der Waals surface area contributed by atoms with Gasteiger partial charge in [0.15, 0.2) is 6.23 Å². The molecule has 1 unspecified atom stereocenters. The van der Waals surface area contributed by atoms with Crippen molar-refractivity contribution in [2.75, 3.05) is 10.7 Å². The molecule has 3 amide bonds. The number of rotatable bonds is 6. The number of β-lactam (4-membered cyclic amide) rings is 1. The quantitative estimate of drug-likeness (QED) is 0.488. The number of hydrogen-bond acceptors (Lipinski definition) is 7. The summed E-state index contributed by atoms with van der Waals surface area (Å²) in [6, 6.07) is 3.84. The van der Waals surface area contributed by atoms with Crippen LogP contribution in [0.4, 0.5) is 25.1 Å². The first-order valence-electron chi connectivity index (χ1n) is 11.9. The number of fused-ring (bicyclic) bond motifs is 1. The maximum absolute atomic E-state index is 14.9. The Morgan fingerprint density at radius 3 is 2.59 bits per heavy atom. The average Bonchev–Trinajstić information content (AvgIpc) is 3.26. The van der Waals surface area contributed by atoms with Gasteiger partial charge in [0.2, 0.25) is 5.91 Å². The van der Waals surface area contributed by atoms with Crippen LogP contribution in [0.25, 0.3) is 0 Å². The van der Waals surface area contributed by atoms with Crippen LogP contribution in [0.5, 0.6) is 0 Å². The van der Waals surface area contributed by atoms with Crippen molar-refractivity contribution in [1.82, 2.24) is 24.7 Å². The number of nitrogen functional groups attached to an aromatic ring is 1. The third kappa shape index (κ3) is 4.06. The Morgan fingerprint density at radius 1 is 1.19 bits per heavy atom. The number of urea groups is 1. The molecule has 0 bridgehead atoms. The van der Waals surface area contributed by atoms with E-state index in [2.05, 4.69) is 10.1 Å². The lowest BCUT2D eigenvalue weighted by Crippen LogP contribution is -2.79. The average molecular weight is 512 g/mol. The molecule has 5 rings (SSSR count). The summed E-state index contributed by atoms with van der Waals surface area (Å²) in [7, 11) is 1.67. The number of aliphatic hydroxyl groups is 1. The molecule has 12 heteroatoms. The third-order valence-corrected chi connectivity index (χ3v) is 6.90. The van der Waals surface area contributed by atoms with Gasteiger partial charge in [0.1, 0.15) is 17.5 Å². The Bertz CT molecular complexity index is 1360. The number of anilines is 2. The van der Waals surface area contributed by atoms with Gasteiger partial charge < -0.3 is 10.8 Å². The largest absolute Gasteiger partial charge is 0.384 e. The minimum atomic E-state index is -1.37. The second kappa shape index (κ2) is 9.11. The molecule has 3 aromatic rings. The number of aryl methyl sites for hydroxylation is 2. The van der Waals surface area contributed by atoms with E-state index in [0.29, 0.717) is 17.2 Å². The van der Waals surface area contributed by atoms with Gasteiger partial charge >= 0.3 is 6.03 Å². The van der Waals surface area contributed by atoms with E-state index in [1.165, 1.54) is 15.9 Å². The molecule has 0 radical (unpaired) electrons. The fraction of sp³-hybridized carbons (Fsp3) is 0.360. The number of nitrogens with two attached hydrogens (primary N) is 1. The van der Waals surface area contributed by atoms with Crippen LogP contribution >= 0.6 is 0 Å². The smallest absolute Gasteiger partial charge is 0.346 e. The lowest BCUT2D eigenvalue weighted by Gasteiger charge is -2.59. The van der Waals surface area contributed by atoms with Crippen molar-refractivity contribution in [3.05, 3.63) is 71.2 Å². The molecule has 10 nitrogen and oxygen atoms in total. The van der Waals surface area contributed by atoms with Crippen molar-refractivity contribution >= 4 is 23.4 Å². The predicted octanol–water partition coefficient (Wildman–Crippen LogP) is 2.68. The highest BCUT2D eigenvalue weighted by molar-refractivity contribution is 6.03. The monoisotopic (exact) mass is 511 g/mol. The highest BCUT2D eigenvalue weighted by atomic mass is 19.1. The molecule has 194 valence electrons. The lowest BCUT2D eigenvalue weighted by atomic mass is 9.80. The predicted molar refractivity (Wildman–Crippen MR) is 130 cm³/mol. The van der Waals surface area contributed by atoms with Gasteiger partial charge in [-0.05, 0) is 55.7 Å². The number of benzene rings is 1. The summed E-state index contributed by atoms with van der Waals surface area (Å²) < 4.78 is 30.5. The number of carbonyl (C=O) groups is 2. The summed E-state index contributed by atoms with van der Waals surface area (Å²) in [6.45, 7) is 3.49. The molecule has 2 aliphatic rings. The number of halogens is 2. The van der Waals surface area contributed by atoms with Crippen molar-refractivity contribution in [2.45, 2.75) is 45.0 Å². The van der Waals surface area contributed by atoms with E-state index in [-0.39, 0.29) is 18.4 Å². The van der Waals surface area contributed by atoms with Gasteiger partial charge in [-0.1, -0.05) is 6.92 Å². The molecule has 2 aliphatic heterocycles. The first kappa shape index (κ1) is 24.6. The maximum atomic E-state index is 14.9. The SMILES string of the molecule is CC[C@H](c1cc(F)ccc1F)N1C(=O)N2C(=O)[C@H](Cc3cc(C)nc(N)c3)[C@H]2C(O)N1c1cnn(C)c1. The molecule has 1 aromatic carbocycles. The van der Waals surface area contributed by atoms with Crippen LogP contribution in [-0.4, -0.2) is 54.0 Å². The van der Waals surface area contributed by atoms with Gasteiger partial charge in [-0.25, -0.2) is 28.6 Å². The molecule has 2 aromatic heterocycles. The summed E-state index contributed by atoms with van der Waals surface area (Å²) in [6.07, 6.45) is 2.11. The Balaban J connectivity index is 1.56. The molecular formula is C25H27F2N7O3. The summed E-state index contributed by atoms with van der Waals surface area (Å²) in [4.78, 5) is 32.2. The van der Waals surface area contributed by atoms with Gasteiger partial charge in [-0.15, -0.1) is 0 Å². The van der Waals surface area contributed by atoms with E-state index in [0.717, 1.165) is 33.7 Å². The normalized spacial score (nSPS) is 22.2. The summed E-state index contributed by atoms with van der Waals surface area (Å²) in [5, 5.41) is 18.2. The van der Waals surface area contributed by atoms with Crippen molar-refractivity contribution < 1.29 is 23.5 Å². The number of hydrogen-bond donors (Lipinski definition) is 2. The van der Waals surface area contributed by atoms with E-state index in [1.54, 1.807) is 39.2 Å². The number of nitrogens with zero attached hydrogens (tertiary/aromatic N) is 6. The van der Waals surface area contributed by atoms with Crippen molar-refractivity contribution in [3.8, 4) is 0 Å². The molecule has 0 spiro atoms. The highest BCUT2D eigenvalue weighted by Gasteiger charge is 2.61. The minimum absolute atomic E-state index is 0.0670. The van der Waals surface area contributed by atoms with Crippen LogP contribution in [0, 0.1) is 24.5 Å². The molecule has 2 fully saturated rings. The van der Waals surface area contributed by atoms with Crippen LogP contribution in [0.15, 0.2) is 42.7 Å². The molecular weight excluding hydrogens is 484 g/mol. The van der Waals surface area contributed by atoms with E-state index in [1.807, 2.05) is 0 Å². The molecule has 2 saturated heterocycles. The number of amides is 3. The molecule has 37 heavy (non-hydrogen) atoms. The van der Waals surface area contributed by atoms with Gasteiger partial charge in [-0.2, -0.15) is 5.10 Å². The molecule has 3 N–H and O–H groups in total. The van der Waals surface area contributed by atoms with Crippen LogP contribution in [0.1, 0.15) is 36.2 Å². The van der Waals surface area contributed by atoms with E-state index >= 15 is 0 Å². The van der Waals surface area contributed by atoms with Gasteiger partial charge in [0, 0.05) is 24.5 Å². The number of pyridine rings is 1. The second-order valence-corrected chi connectivity index (χ2v) is 9.40. The highest BCUT2D eigenvalue weighted by Crippen LogP contribution is 2.43. The van der Waals surface area contributed by atoms with Crippen LogP contribution in [0.3, 0.4) is 0 Å². The van der Waals surface area contributed by atoms with E-state index < -0.39 is 47.8 Å². The van der Waals surface area contributed by atoms with Crippen LogP contribution in [-0.2, 0) is 18.3 Å². The lowest BCUT2D eigenvalue weighted by molar-refractivity contribution is -0.166. The molecule has 4 heterocycles. The van der Waals surface area contributed by atoms with Gasteiger partial charge in [0.25, 0.3) is 0 Å². The molecule has 0 aliphatic carbocycles. The number of imide groups is 1. The topological polar surface area (TPSA) is 121 Å². The van der Waals surface area contributed by atoms with Gasteiger partial charge in [-0.3, -0.25) is 14.4 Å². The fourth-order valence-electron chi connectivity index (χ4n) is 5.34. The summed E-state index contributed by atoms with van der Waals surface area (Å²) >= 11 is 0. The van der Waals surface area contributed by atoms with E-state index in [9.17, 15) is 23.5 Å². The maximum Gasteiger partial charge on any atom is 0.346 e. The van der Waals surface area contributed by atoms with Crippen LogP contribution < -0.4 is 10.7 Å². The third-order valence-electron chi connectivity index (χ3n) is 6.90. The van der Waals surface area contributed by atoms with E-state index in [4.69, 9.17) is 5.73 Å². The zero-order valence-electron chi connectivity index (χ0n) is 20.5. The Labute approximate surface area is 211 Å². The Morgan fingerprint density at radius 2 is 1.95 bits per heavy atom. The van der Waals surface area contributed by atoms with Gasteiger partial charge in [0.05, 0.1) is 29.9 Å². The molecule has 4 atom stereocenters. The number of aliphatic hydroxyl groups excluding tert-OH is 1. The van der Waals surface area contributed by atoms with Crippen molar-refractivity contribution in [2.24, 2.45) is 13.0 Å².